The zero-order valence-corrected chi connectivity index (χ0v) is 25.1. The van der Waals surface area contributed by atoms with Gasteiger partial charge in [-0.1, -0.05) is 115 Å². The van der Waals surface area contributed by atoms with E-state index in [-0.39, 0.29) is 0 Å². The number of imidazole rings is 1. The number of rotatable bonds is 3. The molecule has 0 saturated carbocycles. The molecule has 3 heterocycles. The van der Waals surface area contributed by atoms with Crippen LogP contribution >= 0.6 is 0 Å². The largest absolute Gasteiger partial charge is 0.279 e. The van der Waals surface area contributed by atoms with Gasteiger partial charge in [0, 0.05) is 16.3 Å². The third kappa shape index (κ3) is 3.67. The van der Waals surface area contributed by atoms with Crippen LogP contribution in [0.5, 0.6) is 0 Å². The first-order chi connectivity index (χ1) is 22.8. The van der Waals surface area contributed by atoms with Crippen molar-refractivity contribution in [1.82, 2.24) is 18.9 Å². The smallest absolute Gasteiger partial charge is 0.221 e. The summed E-state index contributed by atoms with van der Waals surface area (Å²) in [5.41, 5.74) is 12.4. The van der Waals surface area contributed by atoms with E-state index in [1.165, 1.54) is 49.4 Å². The SMILES string of the molecule is C1=Cc2nc(-n3c4ccccc4c4ccc(-c5ccc(-c6cccc7ccccc67)cc5)cc43)n3c(nc4ccccc43)c2CC1. The van der Waals surface area contributed by atoms with Gasteiger partial charge in [0.2, 0.25) is 5.95 Å². The molecule has 3 aromatic heterocycles. The molecule has 4 nitrogen and oxygen atoms in total. The van der Waals surface area contributed by atoms with Crippen molar-refractivity contribution in [3.63, 3.8) is 0 Å². The van der Waals surface area contributed by atoms with Gasteiger partial charge in [0.1, 0.15) is 5.65 Å². The van der Waals surface area contributed by atoms with E-state index >= 15 is 0 Å². The molecule has 0 radical (unpaired) electrons. The standard InChI is InChI=1S/C42H28N4/c1-2-12-31-28(10-1)11-9-15-32(31)29-22-20-27(21-23-29)30-24-25-34-33-13-4-7-18-38(33)45(40(34)26-30)42-44-36-16-5-3-14-35(36)41-43-37-17-6-8-19-39(37)46(41)42/h1-2,4-13,15-26H,3,14H2. The Morgan fingerprint density at radius 3 is 2.17 bits per heavy atom. The van der Waals surface area contributed by atoms with E-state index in [1.54, 1.807) is 0 Å². The van der Waals surface area contributed by atoms with Gasteiger partial charge < -0.3 is 0 Å². The molecule has 0 unspecified atom stereocenters. The van der Waals surface area contributed by atoms with Gasteiger partial charge in [-0.2, -0.15) is 0 Å². The molecule has 9 aromatic rings. The van der Waals surface area contributed by atoms with Crippen LogP contribution in [-0.2, 0) is 6.42 Å². The zero-order chi connectivity index (χ0) is 30.2. The molecular weight excluding hydrogens is 560 g/mol. The first-order valence-electron chi connectivity index (χ1n) is 15.9. The minimum absolute atomic E-state index is 0.864. The molecular formula is C42H28N4. The van der Waals surface area contributed by atoms with Gasteiger partial charge in [0.15, 0.2) is 0 Å². The minimum atomic E-state index is 0.864. The highest BCUT2D eigenvalue weighted by Crippen LogP contribution is 2.37. The molecule has 1 aliphatic rings. The number of fused-ring (bicyclic) bond motifs is 9. The van der Waals surface area contributed by atoms with Crippen molar-refractivity contribution >= 4 is 55.3 Å². The van der Waals surface area contributed by atoms with Crippen LogP contribution in [0.2, 0.25) is 0 Å². The van der Waals surface area contributed by atoms with Crippen molar-refractivity contribution in [2.45, 2.75) is 12.8 Å². The number of nitrogens with zero attached hydrogens (tertiary/aromatic N) is 4. The number of aryl methyl sites for hydroxylation is 1. The maximum Gasteiger partial charge on any atom is 0.221 e. The van der Waals surface area contributed by atoms with E-state index in [0.717, 1.165) is 52.2 Å². The Balaban J connectivity index is 1.20. The molecule has 6 aromatic carbocycles. The van der Waals surface area contributed by atoms with E-state index < -0.39 is 0 Å². The first-order valence-corrected chi connectivity index (χ1v) is 15.9. The summed E-state index contributed by atoms with van der Waals surface area (Å²) in [7, 11) is 0. The number of hydrogen-bond donors (Lipinski definition) is 0. The van der Waals surface area contributed by atoms with Crippen LogP contribution in [0.4, 0.5) is 0 Å². The predicted octanol–water partition coefficient (Wildman–Crippen LogP) is 10.4. The lowest BCUT2D eigenvalue weighted by Crippen LogP contribution is -2.11. The molecule has 0 amide bonds. The fourth-order valence-electron chi connectivity index (χ4n) is 7.41. The van der Waals surface area contributed by atoms with Crippen molar-refractivity contribution in [3.8, 4) is 28.2 Å². The molecule has 0 N–H and O–H groups in total. The summed E-state index contributed by atoms with van der Waals surface area (Å²) in [6, 6.07) is 48.0. The highest BCUT2D eigenvalue weighted by molar-refractivity contribution is 6.10. The lowest BCUT2D eigenvalue weighted by molar-refractivity contribution is 0.898. The Morgan fingerprint density at radius 2 is 1.26 bits per heavy atom. The maximum atomic E-state index is 5.38. The summed E-state index contributed by atoms with van der Waals surface area (Å²) < 4.78 is 4.60. The average Bonchev–Trinajstić information content (AvgIpc) is 3.68. The molecule has 4 heteroatoms. The predicted molar refractivity (Wildman–Crippen MR) is 191 cm³/mol. The molecule has 216 valence electrons. The molecule has 0 fully saturated rings. The summed E-state index contributed by atoms with van der Waals surface area (Å²) in [4.78, 5) is 10.5. The van der Waals surface area contributed by atoms with Crippen molar-refractivity contribution in [2.75, 3.05) is 0 Å². The van der Waals surface area contributed by atoms with Gasteiger partial charge >= 0.3 is 0 Å². The molecule has 0 aliphatic heterocycles. The van der Waals surface area contributed by atoms with Crippen LogP contribution in [-0.4, -0.2) is 18.9 Å². The third-order valence-electron chi connectivity index (χ3n) is 9.59. The Labute approximate surface area is 265 Å². The second-order valence-corrected chi connectivity index (χ2v) is 12.2. The van der Waals surface area contributed by atoms with E-state index in [4.69, 9.17) is 9.97 Å². The molecule has 1 aliphatic carbocycles. The Bertz CT molecular complexity index is 2680. The van der Waals surface area contributed by atoms with Crippen LogP contribution in [0.1, 0.15) is 17.7 Å². The Morgan fingerprint density at radius 1 is 0.543 bits per heavy atom. The Kier molecular flexibility index (Phi) is 5.37. The summed E-state index contributed by atoms with van der Waals surface area (Å²) in [6.45, 7) is 0. The lowest BCUT2D eigenvalue weighted by atomic mass is 9.96. The van der Waals surface area contributed by atoms with E-state index in [0.29, 0.717) is 0 Å². The molecule has 0 atom stereocenters. The first kappa shape index (κ1) is 25.3. The molecule has 0 bridgehead atoms. The van der Waals surface area contributed by atoms with Gasteiger partial charge in [-0.25, -0.2) is 9.97 Å². The van der Waals surface area contributed by atoms with Crippen molar-refractivity contribution in [3.05, 3.63) is 151 Å². The van der Waals surface area contributed by atoms with Crippen LogP contribution in [0.25, 0.3) is 83.5 Å². The fourth-order valence-corrected chi connectivity index (χ4v) is 7.41. The third-order valence-corrected chi connectivity index (χ3v) is 9.59. The monoisotopic (exact) mass is 588 g/mol. The zero-order valence-electron chi connectivity index (χ0n) is 25.1. The number of allylic oxidation sites excluding steroid dienone is 1. The van der Waals surface area contributed by atoms with Gasteiger partial charge in [-0.15, -0.1) is 0 Å². The van der Waals surface area contributed by atoms with Crippen LogP contribution in [0.15, 0.2) is 140 Å². The highest BCUT2D eigenvalue weighted by Gasteiger charge is 2.22. The maximum absolute atomic E-state index is 5.38. The molecule has 0 saturated heterocycles. The number of hydrogen-bond acceptors (Lipinski definition) is 2. The Hall–Kier alpha value is -6.00. The van der Waals surface area contributed by atoms with Crippen LogP contribution in [0, 0.1) is 0 Å². The van der Waals surface area contributed by atoms with Crippen molar-refractivity contribution < 1.29 is 0 Å². The fraction of sp³-hybridized carbons (Fsp3) is 0.0476. The topological polar surface area (TPSA) is 35.1 Å². The van der Waals surface area contributed by atoms with Crippen molar-refractivity contribution in [2.24, 2.45) is 0 Å². The summed E-state index contributed by atoms with van der Waals surface area (Å²) in [5, 5.41) is 4.95. The van der Waals surface area contributed by atoms with E-state index in [1.807, 2.05) is 0 Å². The van der Waals surface area contributed by atoms with E-state index in [9.17, 15) is 0 Å². The van der Waals surface area contributed by atoms with Crippen LogP contribution in [0.3, 0.4) is 0 Å². The van der Waals surface area contributed by atoms with Crippen LogP contribution < -0.4 is 0 Å². The second kappa shape index (κ2) is 9.75. The van der Waals surface area contributed by atoms with Crippen molar-refractivity contribution in [1.29, 1.82) is 0 Å². The van der Waals surface area contributed by atoms with Gasteiger partial charge in [-0.3, -0.25) is 8.97 Å². The molecule has 10 rings (SSSR count). The quantitative estimate of drug-likeness (QED) is 0.206. The summed E-state index contributed by atoms with van der Waals surface area (Å²) >= 11 is 0. The van der Waals surface area contributed by atoms with Gasteiger partial charge in [0.25, 0.3) is 0 Å². The average molecular weight is 589 g/mol. The number of benzene rings is 6. The number of para-hydroxylation sites is 3. The van der Waals surface area contributed by atoms with Gasteiger partial charge in [-0.05, 0) is 76.2 Å². The van der Waals surface area contributed by atoms with E-state index in [2.05, 4.69) is 155 Å². The number of aromatic nitrogens is 4. The molecule has 0 spiro atoms. The normalized spacial score (nSPS) is 13.0. The summed E-state index contributed by atoms with van der Waals surface area (Å²) in [6.07, 6.45) is 6.34. The highest BCUT2D eigenvalue weighted by atomic mass is 15.2. The van der Waals surface area contributed by atoms with Gasteiger partial charge in [0.05, 0.1) is 27.8 Å². The minimum Gasteiger partial charge on any atom is -0.279 e. The summed E-state index contributed by atoms with van der Waals surface area (Å²) in [5.74, 6) is 0.864. The second-order valence-electron chi connectivity index (χ2n) is 12.2. The molecule has 46 heavy (non-hydrogen) atoms. The lowest BCUT2D eigenvalue weighted by Gasteiger charge is -2.17.